The molecule has 132 valence electrons. The highest BCUT2D eigenvalue weighted by molar-refractivity contribution is 5.82. The molecule has 0 unspecified atom stereocenters. The zero-order chi connectivity index (χ0) is 19.1. The van der Waals surface area contributed by atoms with Gasteiger partial charge in [-0.25, -0.2) is 4.98 Å². The Morgan fingerprint density at radius 1 is 1.11 bits per heavy atom. The topological polar surface area (TPSA) is 70.2 Å². The van der Waals surface area contributed by atoms with Gasteiger partial charge in [0.2, 0.25) is 0 Å². The molecule has 5 nitrogen and oxygen atoms in total. The quantitative estimate of drug-likeness (QED) is 0.600. The Hall–Kier alpha value is -3.65. The van der Waals surface area contributed by atoms with Crippen LogP contribution in [0.1, 0.15) is 22.3 Å². The normalized spacial score (nSPS) is 11.9. The molecule has 0 saturated carbocycles. The van der Waals surface area contributed by atoms with E-state index in [9.17, 15) is 10.1 Å². The van der Waals surface area contributed by atoms with Crippen LogP contribution in [0.15, 0.2) is 47.3 Å². The fourth-order valence-corrected chi connectivity index (χ4v) is 3.27. The van der Waals surface area contributed by atoms with Crippen LogP contribution in [0.25, 0.3) is 22.9 Å². The fourth-order valence-electron chi connectivity index (χ4n) is 3.27. The van der Waals surface area contributed by atoms with E-state index >= 15 is 0 Å². The van der Waals surface area contributed by atoms with E-state index in [4.69, 9.17) is 0 Å². The molecule has 0 bridgehead atoms. The number of rotatable bonds is 2. The Morgan fingerprint density at radius 2 is 1.89 bits per heavy atom. The van der Waals surface area contributed by atoms with E-state index in [1.165, 1.54) is 15.5 Å². The molecule has 2 heterocycles. The molecule has 0 aliphatic carbocycles. The maximum atomic E-state index is 13.2. The number of pyridine rings is 1. The molecule has 4 aromatic rings. The van der Waals surface area contributed by atoms with Crippen molar-refractivity contribution in [1.29, 1.82) is 5.26 Å². The number of nitriles is 1. The van der Waals surface area contributed by atoms with Crippen molar-refractivity contribution in [2.75, 3.05) is 5.32 Å². The number of aryl methyl sites for hydroxylation is 2. The molecule has 0 atom stereocenters. The summed E-state index contributed by atoms with van der Waals surface area (Å²) >= 11 is 0. The van der Waals surface area contributed by atoms with Gasteiger partial charge in [0, 0.05) is 11.9 Å². The molecular weight excluding hydrogens is 336 g/mol. The highest BCUT2D eigenvalue weighted by atomic mass is 16.1. The molecule has 0 fully saturated rings. The predicted molar refractivity (Wildman–Crippen MR) is 108 cm³/mol. The van der Waals surface area contributed by atoms with Crippen LogP contribution in [0, 0.1) is 32.1 Å². The molecule has 0 aliphatic heterocycles. The number of hydrogen-bond acceptors (Lipinski definition) is 4. The van der Waals surface area contributed by atoms with E-state index in [1.807, 2.05) is 49.4 Å². The van der Waals surface area contributed by atoms with Crippen molar-refractivity contribution >= 4 is 28.6 Å². The summed E-state index contributed by atoms with van der Waals surface area (Å²) in [5, 5.41) is 13.3. The summed E-state index contributed by atoms with van der Waals surface area (Å²) in [6.07, 6.45) is 1.68. The standard InChI is InChI=1S/C22H18N4O/c1-13-8-9-16(10-14(13)2)24-12-18-15(3)17(11-23)21-25-19-6-4-5-7-20(19)26(21)22(18)27/h4-10,12,24H,1-3H3. The van der Waals surface area contributed by atoms with Gasteiger partial charge in [0.25, 0.3) is 5.56 Å². The van der Waals surface area contributed by atoms with E-state index in [2.05, 4.69) is 23.3 Å². The Bertz CT molecular complexity index is 1360. The number of anilines is 1. The van der Waals surface area contributed by atoms with Gasteiger partial charge in [0.1, 0.15) is 6.07 Å². The summed E-state index contributed by atoms with van der Waals surface area (Å²) < 4.78 is 1.52. The predicted octanol–water partition coefficient (Wildman–Crippen LogP) is 3.21. The average Bonchev–Trinajstić information content (AvgIpc) is 3.04. The summed E-state index contributed by atoms with van der Waals surface area (Å²) in [6.45, 7) is 5.88. The van der Waals surface area contributed by atoms with Crippen molar-refractivity contribution in [3.63, 3.8) is 0 Å². The lowest BCUT2D eigenvalue weighted by molar-refractivity contribution is 1.10. The SMILES string of the molecule is Cc1ccc(NC=c2c(C)c(C#N)c3nc4ccccc4n3c2=O)cc1C. The maximum absolute atomic E-state index is 13.2. The second kappa shape index (κ2) is 6.26. The third kappa shape index (κ3) is 2.63. The molecule has 0 radical (unpaired) electrons. The smallest absolute Gasteiger partial charge is 0.265 e. The van der Waals surface area contributed by atoms with Crippen LogP contribution in [0.3, 0.4) is 0 Å². The second-order valence-corrected chi connectivity index (χ2v) is 6.68. The first-order valence-electron chi connectivity index (χ1n) is 8.69. The van der Waals surface area contributed by atoms with Crippen LogP contribution in [0.2, 0.25) is 0 Å². The van der Waals surface area contributed by atoms with Gasteiger partial charge < -0.3 is 5.32 Å². The first kappa shape index (κ1) is 16.8. The Balaban J connectivity index is 2.00. The van der Waals surface area contributed by atoms with Crippen molar-refractivity contribution in [1.82, 2.24) is 9.38 Å². The number of aromatic nitrogens is 2. The van der Waals surface area contributed by atoms with Crippen molar-refractivity contribution in [3.05, 3.63) is 80.3 Å². The van der Waals surface area contributed by atoms with Crippen LogP contribution in [-0.4, -0.2) is 9.38 Å². The minimum Gasteiger partial charge on any atom is -0.361 e. The third-order valence-electron chi connectivity index (χ3n) is 5.00. The van der Waals surface area contributed by atoms with Crippen molar-refractivity contribution < 1.29 is 0 Å². The number of nitrogens with zero attached hydrogens (tertiary/aromatic N) is 3. The maximum Gasteiger partial charge on any atom is 0.265 e. The van der Waals surface area contributed by atoms with Crippen LogP contribution < -0.4 is 16.1 Å². The van der Waals surface area contributed by atoms with Crippen LogP contribution in [0.5, 0.6) is 0 Å². The number of benzene rings is 2. The van der Waals surface area contributed by atoms with Crippen molar-refractivity contribution in [2.45, 2.75) is 20.8 Å². The highest BCUT2D eigenvalue weighted by Gasteiger charge is 2.15. The number of fused-ring (bicyclic) bond motifs is 3. The second-order valence-electron chi connectivity index (χ2n) is 6.68. The zero-order valence-corrected chi connectivity index (χ0v) is 15.4. The first-order chi connectivity index (χ1) is 13.0. The molecule has 2 aromatic heterocycles. The highest BCUT2D eigenvalue weighted by Crippen LogP contribution is 2.18. The molecule has 0 spiro atoms. The van der Waals surface area contributed by atoms with Gasteiger partial charge in [-0.15, -0.1) is 0 Å². The first-order valence-corrected chi connectivity index (χ1v) is 8.69. The number of nitrogens with one attached hydrogen (secondary N) is 1. The van der Waals surface area contributed by atoms with Gasteiger partial charge in [-0.05, 0) is 61.7 Å². The van der Waals surface area contributed by atoms with Gasteiger partial charge >= 0.3 is 0 Å². The molecule has 2 aromatic carbocycles. The number of hydrogen-bond donors (Lipinski definition) is 1. The summed E-state index contributed by atoms with van der Waals surface area (Å²) in [5.41, 5.74) is 5.93. The van der Waals surface area contributed by atoms with Crippen molar-refractivity contribution in [2.24, 2.45) is 0 Å². The minimum absolute atomic E-state index is 0.188. The molecule has 0 amide bonds. The molecule has 0 aliphatic rings. The largest absolute Gasteiger partial charge is 0.361 e. The van der Waals surface area contributed by atoms with Gasteiger partial charge in [-0.2, -0.15) is 5.26 Å². The van der Waals surface area contributed by atoms with E-state index < -0.39 is 0 Å². The summed E-state index contributed by atoms with van der Waals surface area (Å²) in [5.74, 6) is 0. The van der Waals surface area contributed by atoms with E-state index in [-0.39, 0.29) is 5.56 Å². The lowest BCUT2D eigenvalue weighted by Crippen LogP contribution is -2.34. The van der Waals surface area contributed by atoms with Crippen LogP contribution in [-0.2, 0) is 0 Å². The monoisotopic (exact) mass is 354 g/mol. The molecule has 1 N–H and O–H groups in total. The summed E-state index contributed by atoms with van der Waals surface area (Å²) in [4.78, 5) is 17.7. The van der Waals surface area contributed by atoms with E-state index in [0.717, 1.165) is 5.69 Å². The van der Waals surface area contributed by atoms with Crippen LogP contribution >= 0.6 is 0 Å². The molecule has 0 saturated heterocycles. The Labute approximate surface area is 156 Å². The lowest BCUT2D eigenvalue weighted by Gasteiger charge is -2.06. The van der Waals surface area contributed by atoms with Gasteiger partial charge in [0.15, 0.2) is 5.65 Å². The number of imidazole rings is 1. The van der Waals surface area contributed by atoms with E-state index in [0.29, 0.717) is 33.0 Å². The number of para-hydroxylation sites is 2. The van der Waals surface area contributed by atoms with Gasteiger partial charge in [-0.3, -0.25) is 9.20 Å². The Kier molecular flexibility index (Phi) is 3.89. The van der Waals surface area contributed by atoms with Gasteiger partial charge in [-0.1, -0.05) is 18.2 Å². The van der Waals surface area contributed by atoms with Crippen LogP contribution in [0.4, 0.5) is 5.69 Å². The fraction of sp³-hybridized carbons (Fsp3) is 0.136. The molecule has 27 heavy (non-hydrogen) atoms. The average molecular weight is 354 g/mol. The lowest BCUT2D eigenvalue weighted by atomic mass is 10.1. The molecular formula is C22H18N4O. The van der Waals surface area contributed by atoms with Crippen molar-refractivity contribution in [3.8, 4) is 6.07 Å². The summed E-state index contributed by atoms with van der Waals surface area (Å²) in [6, 6.07) is 15.7. The molecule has 5 heteroatoms. The summed E-state index contributed by atoms with van der Waals surface area (Å²) in [7, 11) is 0. The van der Waals surface area contributed by atoms with E-state index in [1.54, 1.807) is 13.1 Å². The zero-order valence-electron chi connectivity index (χ0n) is 15.4. The third-order valence-corrected chi connectivity index (χ3v) is 5.00. The molecule has 4 rings (SSSR count). The van der Waals surface area contributed by atoms with Gasteiger partial charge in [0.05, 0.1) is 21.8 Å². The Morgan fingerprint density at radius 3 is 2.63 bits per heavy atom. The minimum atomic E-state index is -0.188.